The zero-order valence-corrected chi connectivity index (χ0v) is 7.42. The Morgan fingerprint density at radius 1 is 1.42 bits per heavy atom. The van der Waals surface area contributed by atoms with Gasteiger partial charge >= 0.3 is 0 Å². The van der Waals surface area contributed by atoms with Gasteiger partial charge in [-0.15, -0.1) is 6.58 Å². The lowest BCUT2D eigenvalue weighted by molar-refractivity contribution is 0.0919. The molecule has 0 saturated heterocycles. The molecular formula is C10H10ClO. The van der Waals surface area contributed by atoms with E-state index in [2.05, 4.69) is 6.58 Å². The van der Waals surface area contributed by atoms with Crippen molar-refractivity contribution < 1.29 is 5.11 Å². The van der Waals surface area contributed by atoms with Crippen LogP contribution in [0.1, 0.15) is 18.1 Å². The second-order valence-electron chi connectivity index (χ2n) is 2.56. The van der Waals surface area contributed by atoms with E-state index in [1.807, 2.05) is 0 Å². The van der Waals surface area contributed by atoms with Gasteiger partial charge in [0, 0.05) is 5.02 Å². The summed E-state index contributed by atoms with van der Waals surface area (Å²) in [6.45, 7) is 3.52. The summed E-state index contributed by atoms with van der Waals surface area (Å²) in [6, 6.07) is 6.96. The van der Waals surface area contributed by atoms with Crippen LogP contribution in [0.25, 0.3) is 0 Å². The highest BCUT2D eigenvalue weighted by Crippen LogP contribution is 2.19. The third kappa shape index (κ3) is 2.36. The van der Waals surface area contributed by atoms with Crippen LogP contribution in [-0.2, 0) is 5.11 Å². The zero-order valence-electron chi connectivity index (χ0n) is 6.66. The molecule has 1 atom stereocenters. The maximum Gasteiger partial charge on any atom is 0.121 e. The molecule has 1 radical (unpaired) electrons. The maximum atomic E-state index is 11.3. The number of rotatable bonds is 3. The third-order valence-corrected chi connectivity index (χ3v) is 1.87. The Hall–Kier alpha value is -0.790. The molecular weight excluding hydrogens is 172 g/mol. The fourth-order valence-electron chi connectivity index (χ4n) is 0.965. The molecule has 0 aliphatic rings. The van der Waals surface area contributed by atoms with Gasteiger partial charge in [0.15, 0.2) is 0 Å². The lowest BCUT2D eigenvalue weighted by atomic mass is 10.1. The van der Waals surface area contributed by atoms with Crippen LogP contribution in [0, 0.1) is 0 Å². The van der Waals surface area contributed by atoms with Gasteiger partial charge in [-0.25, -0.2) is 5.11 Å². The summed E-state index contributed by atoms with van der Waals surface area (Å²) in [6.07, 6.45) is 1.38. The van der Waals surface area contributed by atoms with Crippen LogP contribution in [-0.4, -0.2) is 0 Å². The number of hydrogen-bond acceptors (Lipinski definition) is 0. The summed E-state index contributed by atoms with van der Waals surface area (Å²) in [5.74, 6) is 0. The molecule has 1 nitrogen and oxygen atoms in total. The summed E-state index contributed by atoms with van der Waals surface area (Å²) >= 11 is 5.67. The van der Waals surface area contributed by atoms with E-state index in [1.165, 1.54) is 0 Å². The quantitative estimate of drug-likeness (QED) is 0.638. The van der Waals surface area contributed by atoms with E-state index in [-0.39, 0.29) is 0 Å². The lowest BCUT2D eigenvalue weighted by Gasteiger charge is -2.04. The van der Waals surface area contributed by atoms with Gasteiger partial charge in [-0.2, -0.15) is 0 Å². The van der Waals surface area contributed by atoms with Gasteiger partial charge in [-0.05, 0) is 24.1 Å². The largest absolute Gasteiger partial charge is 0.228 e. The molecule has 0 spiro atoms. The van der Waals surface area contributed by atoms with E-state index in [1.54, 1.807) is 30.3 Å². The number of benzene rings is 1. The van der Waals surface area contributed by atoms with Gasteiger partial charge in [0.25, 0.3) is 0 Å². The summed E-state index contributed by atoms with van der Waals surface area (Å²) in [5, 5.41) is 12.0. The topological polar surface area (TPSA) is 19.9 Å². The third-order valence-electron chi connectivity index (χ3n) is 1.62. The zero-order chi connectivity index (χ0) is 8.97. The highest BCUT2D eigenvalue weighted by Gasteiger charge is 2.05. The standard InChI is InChI=1S/C10H10ClO/c1-2-3-10(12)8-4-6-9(11)7-5-8/h2,4-7,10H,1,3H2. The molecule has 0 saturated carbocycles. The normalized spacial score (nSPS) is 12.5. The van der Waals surface area contributed by atoms with Gasteiger partial charge in [0.2, 0.25) is 0 Å². The molecule has 1 aromatic rings. The van der Waals surface area contributed by atoms with Crippen molar-refractivity contribution in [3.63, 3.8) is 0 Å². The van der Waals surface area contributed by atoms with E-state index >= 15 is 0 Å². The van der Waals surface area contributed by atoms with Crippen LogP contribution in [0.2, 0.25) is 5.02 Å². The summed E-state index contributed by atoms with van der Waals surface area (Å²) in [7, 11) is 0. The Balaban J connectivity index is 2.74. The number of hydrogen-bond donors (Lipinski definition) is 0. The summed E-state index contributed by atoms with van der Waals surface area (Å²) in [4.78, 5) is 0. The first kappa shape index (κ1) is 9.30. The Kier molecular flexibility index (Phi) is 3.32. The second-order valence-corrected chi connectivity index (χ2v) is 3.00. The van der Waals surface area contributed by atoms with Crippen LogP contribution in [0.4, 0.5) is 0 Å². The van der Waals surface area contributed by atoms with Crippen molar-refractivity contribution in [2.45, 2.75) is 12.5 Å². The van der Waals surface area contributed by atoms with Crippen molar-refractivity contribution in [2.24, 2.45) is 0 Å². The minimum absolute atomic E-state index is 0.460. The van der Waals surface area contributed by atoms with E-state index in [0.717, 1.165) is 5.56 Å². The highest BCUT2D eigenvalue weighted by molar-refractivity contribution is 6.30. The monoisotopic (exact) mass is 181 g/mol. The minimum Gasteiger partial charge on any atom is -0.228 e. The first-order valence-corrected chi connectivity index (χ1v) is 4.14. The molecule has 63 valence electrons. The van der Waals surface area contributed by atoms with Crippen molar-refractivity contribution in [2.75, 3.05) is 0 Å². The van der Waals surface area contributed by atoms with E-state index in [0.29, 0.717) is 11.4 Å². The van der Waals surface area contributed by atoms with Crippen molar-refractivity contribution in [1.82, 2.24) is 0 Å². The Bertz CT molecular complexity index is 253. The Labute approximate surface area is 77.3 Å². The van der Waals surface area contributed by atoms with Gasteiger partial charge in [-0.1, -0.05) is 29.8 Å². The Morgan fingerprint density at radius 3 is 2.50 bits per heavy atom. The van der Waals surface area contributed by atoms with Crippen molar-refractivity contribution >= 4 is 11.6 Å². The average molecular weight is 182 g/mol. The SMILES string of the molecule is C=CCC([O])c1ccc(Cl)cc1. The van der Waals surface area contributed by atoms with E-state index < -0.39 is 6.10 Å². The molecule has 2 heteroatoms. The van der Waals surface area contributed by atoms with Gasteiger partial charge in [0.05, 0.1) is 0 Å². The molecule has 0 heterocycles. The minimum atomic E-state index is -0.709. The van der Waals surface area contributed by atoms with Crippen molar-refractivity contribution in [3.8, 4) is 0 Å². The highest BCUT2D eigenvalue weighted by atomic mass is 35.5. The van der Waals surface area contributed by atoms with E-state index in [4.69, 9.17) is 11.6 Å². The second kappa shape index (κ2) is 4.29. The molecule has 1 aromatic carbocycles. The van der Waals surface area contributed by atoms with Crippen molar-refractivity contribution in [3.05, 3.63) is 47.5 Å². The van der Waals surface area contributed by atoms with Crippen LogP contribution in [0.15, 0.2) is 36.9 Å². The molecule has 0 aliphatic heterocycles. The lowest BCUT2D eigenvalue weighted by Crippen LogP contribution is -1.92. The molecule has 12 heavy (non-hydrogen) atoms. The van der Waals surface area contributed by atoms with Crippen LogP contribution < -0.4 is 0 Å². The molecule has 0 aromatic heterocycles. The molecule has 0 aliphatic carbocycles. The Morgan fingerprint density at radius 2 is 2.00 bits per heavy atom. The number of halogens is 1. The fraction of sp³-hybridized carbons (Fsp3) is 0.200. The molecule has 1 unspecified atom stereocenters. The molecule has 1 rings (SSSR count). The maximum absolute atomic E-state index is 11.3. The predicted octanol–water partition coefficient (Wildman–Crippen LogP) is 3.39. The molecule has 0 N–H and O–H groups in total. The van der Waals surface area contributed by atoms with E-state index in [9.17, 15) is 5.11 Å². The van der Waals surface area contributed by atoms with Gasteiger partial charge in [-0.3, -0.25) is 0 Å². The summed E-state index contributed by atoms with van der Waals surface area (Å²) < 4.78 is 0. The fourth-order valence-corrected chi connectivity index (χ4v) is 1.09. The predicted molar refractivity (Wildman–Crippen MR) is 49.7 cm³/mol. The smallest absolute Gasteiger partial charge is 0.121 e. The molecule has 0 bridgehead atoms. The van der Waals surface area contributed by atoms with Crippen molar-refractivity contribution in [1.29, 1.82) is 0 Å². The molecule has 0 fully saturated rings. The first-order chi connectivity index (χ1) is 5.74. The van der Waals surface area contributed by atoms with Gasteiger partial charge in [0.1, 0.15) is 6.10 Å². The van der Waals surface area contributed by atoms with Gasteiger partial charge < -0.3 is 0 Å². The van der Waals surface area contributed by atoms with Crippen LogP contribution in [0.5, 0.6) is 0 Å². The van der Waals surface area contributed by atoms with Crippen LogP contribution >= 0.6 is 11.6 Å². The summed E-state index contributed by atoms with van der Waals surface area (Å²) in [5.41, 5.74) is 0.763. The first-order valence-electron chi connectivity index (χ1n) is 3.76. The van der Waals surface area contributed by atoms with Crippen LogP contribution in [0.3, 0.4) is 0 Å². The average Bonchev–Trinajstić information content (AvgIpc) is 2.06. The molecule has 0 amide bonds.